The molecule has 2 heteroatoms. The second-order valence-corrected chi connectivity index (χ2v) is 7.22. The van der Waals surface area contributed by atoms with E-state index in [0.29, 0.717) is 5.31 Å². The molecule has 0 aromatic heterocycles. The van der Waals surface area contributed by atoms with Crippen LogP contribution < -0.4 is 0 Å². The Morgan fingerprint density at radius 1 is 1.43 bits per heavy atom. The van der Waals surface area contributed by atoms with Crippen LogP contribution in [0.15, 0.2) is 10.5 Å². The fourth-order valence-electron chi connectivity index (χ4n) is 2.98. The lowest BCUT2D eigenvalue weighted by molar-refractivity contribution is 0.524. The van der Waals surface area contributed by atoms with Gasteiger partial charge in [-0.05, 0) is 37.5 Å². The molecule has 0 saturated heterocycles. The average molecular weight is 208 g/mol. The number of rotatable bonds is 0. The number of hydrogen-bond acceptors (Lipinski definition) is 1. The smallest absolute Gasteiger partial charge is 0.109 e. The Morgan fingerprint density at radius 3 is 2.86 bits per heavy atom. The average Bonchev–Trinajstić information content (AvgIpc) is 2.28. The first-order chi connectivity index (χ1) is 6.49. The van der Waals surface area contributed by atoms with Crippen molar-refractivity contribution in [3.8, 4) is 0 Å². The Bertz CT molecular complexity index is 267. The van der Waals surface area contributed by atoms with Gasteiger partial charge in [0.1, 0.15) is 7.85 Å². The van der Waals surface area contributed by atoms with E-state index in [1.54, 1.807) is 10.5 Å². The van der Waals surface area contributed by atoms with Crippen LogP contribution in [-0.2, 0) is 0 Å². The maximum absolute atomic E-state index is 2.44. The maximum atomic E-state index is 2.44. The Morgan fingerprint density at radius 2 is 2.14 bits per heavy atom. The molecule has 0 N–H and O–H groups in total. The van der Waals surface area contributed by atoms with Gasteiger partial charge in [0.25, 0.3) is 0 Å². The Balaban J connectivity index is 2.16. The molecule has 1 fully saturated rings. The van der Waals surface area contributed by atoms with Crippen LogP contribution in [0.4, 0.5) is 0 Å². The van der Waals surface area contributed by atoms with Crippen LogP contribution in [0.5, 0.6) is 0 Å². The molecule has 0 spiro atoms. The molecule has 1 saturated carbocycles. The fourth-order valence-corrected chi connectivity index (χ4v) is 4.81. The predicted octanol–water partition coefficient (Wildman–Crippen LogP) is 3.40. The summed E-state index contributed by atoms with van der Waals surface area (Å²) < 4.78 is 0. The van der Waals surface area contributed by atoms with E-state index in [1.807, 2.05) is 0 Å². The summed E-state index contributed by atoms with van der Waals surface area (Å²) in [6.07, 6.45) is 5.70. The number of hydrogen-bond donors (Lipinski definition) is 0. The van der Waals surface area contributed by atoms with Crippen molar-refractivity contribution in [3.63, 3.8) is 0 Å². The van der Waals surface area contributed by atoms with Crippen molar-refractivity contribution < 1.29 is 0 Å². The van der Waals surface area contributed by atoms with Crippen molar-refractivity contribution in [2.75, 3.05) is 0 Å². The van der Waals surface area contributed by atoms with Gasteiger partial charge in [-0.2, -0.15) is 0 Å². The largest absolute Gasteiger partial charge is 0.127 e. The maximum Gasteiger partial charge on any atom is 0.109 e. The molecule has 3 unspecified atom stereocenters. The summed E-state index contributed by atoms with van der Waals surface area (Å²) in [6.45, 7) is 7.10. The number of allylic oxidation sites excluding steroid dienone is 2. The van der Waals surface area contributed by atoms with E-state index >= 15 is 0 Å². The van der Waals surface area contributed by atoms with Gasteiger partial charge in [-0.25, -0.2) is 0 Å². The van der Waals surface area contributed by atoms with Gasteiger partial charge in [-0.3, -0.25) is 0 Å². The molecule has 0 amide bonds. The van der Waals surface area contributed by atoms with E-state index in [-0.39, 0.29) is 0 Å². The first-order valence-corrected chi connectivity index (χ1v) is 6.72. The summed E-state index contributed by atoms with van der Waals surface area (Å²) >= 11 is 2.15. The van der Waals surface area contributed by atoms with Crippen molar-refractivity contribution in [3.05, 3.63) is 10.5 Å². The standard InChI is InChI=1S/C12H21BS/c1-8-9(2)14-11-7-12(3,13)6-4-5-10(8)11/h10-11H,4-7,13H2,1-3H3. The summed E-state index contributed by atoms with van der Waals surface area (Å²) in [5, 5.41) is 1.48. The summed E-state index contributed by atoms with van der Waals surface area (Å²) in [5.74, 6) is 0.904. The molecule has 0 aromatic carbocycles. The Kier molecular flexibility index (Phi) is 2.76. The molecule has 3 atom stereocenters. The van der Waals surface area contributed by atoms with Crippen LogP contribution in [0.25, 0.3) is 0 Å². The van der Waals surface area contributed by atoms with E-state index in [4.69, 9.17) is 0 Å². The molecule has 1 heterocycles. The van der Waals surface area contributed by atoms with E-state index in [9.17, 15) is 0 Å². The molecule has 0 aromatic rings. The van der Waals surface area contributed by atoms with Crippen molar-refractivity contribution >= 4 is 19.6 Å². The van der Waals surface area contributed by atoms with Crippen LogP contribution in [0.2, 0.25) is 5.31 Å². The van der Waals surface area contributed by atoms with Gasteiger partial charge in [-0.15, -0.1) is 11.8 Å². The molecule has 14 heavy (non-hydrogen) atoms. The molecule has 0 nitrogen and oxygen atoms in total. The lowest BCUT2D eigenvalue weighted by Crippen LogP contribution is -2.17. The van der Waals surface area contributed by atoms with Crippen molar-refractivity contribution in [2.45, 2.75) is 57.0 Å². The van der Waals surface area contributed by atoms with Gasteiger partial charge in [0.05, 0.1) is 0 Å². The highest BCUT2D eigenvalue weighted by atomic mass is 32.2. The molecular formula is C12H21BS. The number of fused-ring (bicyclic) bond motifs is 1. The van der Waals surface area contributed by atoms with E-state index in [2.05, 4.69) is 40.4 Å². The van der Waals surface area contributed by atoms with Crippen LogP contribution >= 0.6 is 11.8 Å². The minimum atomic E-state index is 0.581. The van der Waals surface area contributed by atoms with Crippen molar-refractivity contribution in [1.29, 1.82) is 0 Å². The molecule has 1 aliphatic heterocycles. The molecule has 1 aliphatic carbocycles. The molecule has 2 rings (SSSR count). The molecule has 2 aliphatic rings. The zero-order chi connectivity index (χ0) is 10.3. The van der Waals surface area contributed by atoms with Gasteiger partial charge in [0.2, 0.25) is 0 Å². The van der Waals surface area contributed by atoms with Crippen molar-refractivity contribution in [2.24, 2.45) is 5.92 Å². The summed E-state index contributed by atoms with van der Waals surface area (Å²) in [4.78, 5) is 1.61. The number of thioether (sulfide) groups is 1. The molecule has 0 bridgehead atoms. The third-order valence-corrected chi connectivity index (χ3v) is 5.48. The SMILES string of the molecule is BC1(C)CCCC2C(C)=C(C)SC2C1. The molecule has 0 radical (unpaired) electrons. The highest BCUT2D eigenvalue weighted by Crippen LogP contribution is 2.52. The van der Waals surface area contributed by atoms with E-state index < -0.39 is 0 Å². The summed E-state index contributed by atoms with van der Waals surface area (Å²) in [5.41, 5.74) is 1.69. The van der Waals surface area contributed by atoms with E-state index in [0.717, 1.165) is 11.2 Å². The summed E-state index contributed by atoms with van der Waals surface area (Å²) in [6, 6.07) is 0. The second kappa shape index (κ2) is 3.62. The molecule has 78 valence electrons. The second-order valence-electron chi connectivity index (χ2n) is 5.76. The lowest BCUT2D eigenvalue weighted by atomic mass is 9.65. The van der Waals surface area contributed by atoms with Crippen LogP contribution in [0.3, 0.4) is 0 Å². The van der Waals surface area contributed by atoms with Crippen molar-refractivity contribution in [1.82, 2.24) is 0 Å². The highest BCUT2D eigenvalue weighted by Gasteiger charge is 2.37. The monoisotopic (exact) mass is 208 g/mol. The minimum Gasteiger partial charge on any atom is -0.127 e. The van der Waals surface area contributed by atoms with Gasteiger partial charge in [-0.1, -0.05) is 30.7 Å². The molecular weight excluding hydrogens is 187 g/mol. The quantitative estimate of drug-likeness (QED) is 0.550. The zero-order valence-electron chi connectivity index (χ0n) is 9.89. The topological polar surface area (TPSA) is 0 Å². The van der Waals surface area contributed by atoms with Gasteiger partial charge in [0, 0.05) is 5.25 Å². The Labute approximate surface area is 93.3 Å². The third-order valence-electron chi connectivity index (χ3n) is 4.01. The highest BCUT2D eigenvalue weighted by molar-refractivity contribution is 8.03. The van der Waals surface area contributed by atoms with Crippen LogP contribution in [-0.4, -0.2) is 13.1 Å². The van der Waals surface area contributed by atoms with Crippen LogP contribution in [0, 0.1) is 5.92 Å². The minimum absolute atomic E-state index is 0.581. The van der Waals surface area contributed by atoms with Gasteiger partial charge >= 0.3 is 0 Å². The predicted molar refractivity (Wildman–Crippen MR) is 68.6 cm³/mol. The van der Waals surface area contributed by atoms with Gasteiger partial charge < -0.3 is 0 Å². The van der Waals surface area contributed by atoms with E-state index in [1.165, 1.54) is 25.7 Å². The Hall–Kier alpha value is 0.155. The first kappa shape index (κ1) is 10.7. The zero-order valence-corrected chi connectivity index (χ0v) is 10.7. The van der Waals surface area contributed by atoms with Crippen LogP contribution in [0.1, 0.15) is 46.5 Å². The first-order valence-electron chi connectivity index (χ1n) is 5.84. The third kappa shape index (κ3) is 1.91. The normalized spacial score (nSPS) is 43.6. The van der Waals surface area contributed by atoms with Gasteiger partial charge in [0.15, 0.2) is 0 Å². The summed E-state index contributed by atoms with van der Waals surface area (Å²) in [7, 11) is 2.44. The lowest BCUT2D eigenvalue weighted by Gasteiger charge is -2.26. The fraction of sp³-hybridized carbons (Fsp3) is 0.833.